The summed E-state index contributed by atoms with van der Waals surface area (Å²) >= 11 is 13.4. The molecule has 21 heavy (non-hydrogen) atoms. The first-order valence-corrected chi connectivity index (χ1v) is 7.92. The molecule has 2 N–H and O–H groups in total. The van der Waals surface area contributed by atoms with Gasteiger partial charge in [-0.2, -0.15) is 0 Å². The van der Waals surface area contributed by atoms with Gasteiger partial charge in [-0.3, -0.25) is 0 Å². The molecule has 0 heterocycles. The maximum absolute atomic E-state index is 13.7. The monoisotopic (exact) mass is 345 g/mol. The molecule has 2 nitrogen and oxygen atoms in total. The number of ether oxygens (including phenoxy) is 1. The quantitative estimate of drug-likeness (QED) is 0.780. The van der Waals surface area contributed by atoms with Crippen LogP contribution < -0.4 is 10.5 Å². The van der Waals surface area contributed by atoms with E-state index in [-0.39, 0.29) is 11.8 Å². The summed E-state index contributed by atoms with van der Waals surface area (Å²) in [5, 5.41) is 1.02. The smallest absolute Gasteiger partial charge is 0.165 e. The Labute approximate surface area is 137 Å². The lowest BCUT2D eigenvalue weighted by Gasteiger charge is -2.13. The summed E-state index contributed by atoms with van der Waals surface area (Å²) in [6.07, 6.45) is 0. The van der Waals surface area contributed by atoms with Crippen molar-refractivity contribution in [3.8, 4) is 5.75 Å². The van der Waals surface area contributed by atoms with Crippen molar-refractivity contribution in [1.82, 2.24) is 0 Å². The molecule has 2 aromatic rings. The van der Waals surface area contributed by atoms with E-state index in [1.165, 1.54) is 13.2 Å². The van der Waals surface area contributed by atoms with Crippen molar-refractivity contribution in [1.29, 1.82) is 0 Å². The Kier molecular flexibility index (Phi) is 5.76. The van der Waals surface area contributed by atoms with E-state index in [1.54, 1.807) is 36.0 Å². The minimum Gasteiger partial charge on any atom is -0.494 e. The van der Waals surface area contributed by atoms with Crippen LogP contribution in [0.25, 0.3) is 0 Å². The molecule has 0 spiro atoms. The first kappa shape index (κ1) is 16.4. The Hall–Kier alpha value is -0.940. The van der Waals surface area contributed by atoms with Crippen molar-refractivity contribution < 1.29 is 9.13 Å². The maximum Gasteiger partial charge on any atom is 0.165 e. The maximum atomic E-state index is 13.7. The summed E-state index contributed by atoms with van der Waals surface area (Å²) in [4.78, 5) is 0.967. The van der Waals surface area contributed by atoms with Crippen LogP contribution in [0.3, 0.4) is 0 Å². The number of rotatable bonds is 5. The molecular formula is C15H14Cl2FNOS. The lowest BCUT2D eigenvalue weighted by molar-refractivity contribution is 0.386. The van der Waals surface area contributed by atoms with E-state index in [0.29, 0.717) is 15.8 Å². The van der Waals surface area contributed by atoms with Crippen LogP contribution >= 0.6 is 35.0 Å². The zero-order chi connectivity index (χ0) is 15.4. The van der Waals surface area contributed by atoms with Gasteiger partial charge in [0, 0.05) is 16.7 Å². The molecule has 6 heteroatoms. The van der Waals surface area contributed by atoms with Crippen molar-refractivity contribution >= 4 is 35.0 Å². The van der Waals surface area contributed by atoms with Crippen molar-refractivity contribution in [3.63, 3.8) is 0 Å². The van der Waals surface area contributed by atoms with Gasteiger partial charge in [-0.15, -0.1) is 11.8 Å². The zero-order valence-corrected chi connectivity index (χ0v) is 13.6. The second-order valence-corrected chi connectivity index (χ2v) is 6.30. The number of hydrogen-bond acceptors (Lipinski definition) is 3. The molecule has 0 aromatic heterocycles. The predicted octanol–water partition coefficient (Wildman–Crippen LogP) is 4.93. The number of halogens is 3. The van der Waals surface area contributed by atoms with Crippen LogP contribution in [0.5, 0.6) is 5.75 Å². The molecule has 0 saturated heterocycles. The van der Waals surface area contributed by atoms with Crippen LogP contribution in [0.15, 0.2) is 41.3 Å². The lowest BCUT2D eigenvalue weighted by Crippen LogP contribution is -2.13. The molecule has 2 aromatic carbocycles. The van der Waals surface area contributed by atoms with Gasteiger partial charge >= 0.3 is 0 Å². The number of nitrogens with two attached hydrogens (primary N) is 1. The highest BCUT2D eigenvalue weighted by molar-refractivity contribution is 7.99. The molecule has 0 aliphatic carbocycles. The normalized spacial score (nSPS) is 12.2. The fraction of sp³-hybridized carbons (Fsp3) is 0.200. The molecule has 0 bridgehead atoms. The topological polar surface area (TPSA) is 35.2 Å². The van der Waals surface area contributed by atoms with Gasteiger partial charge in [0.1, 0.15) is 0 Å². The Balaban J connectivity index is 2.02. The molecule has 0 fully saturated rings. The zero-order valence-electron chi connectivity index (χ0n) is 11.3. The predicted molar refractivity (Wildman–Crippen MR) is 87.1 cm³/mol. The number of methoxy groups -OCH3 is 1. The van der Waals surface area contributed by atoms with Gasteiger partial charge in [0.25, 0.3) is 0 Å². The van der Waals surface area contributed by atoms with Gasteiger partial charge in [0.2, 0.25) is 0 Å². The molecule has 0 radical (unpaired) electrons. The van der Waals surface area contributed by atoms with E-state index in [0.717, 1.165) is 10.5 Å². The third kappa shape index (κ3) is 4.27. The Morgan fingerprint density at radius 1 is 1.19 bits per heavy atom. The van der Waals surface area contributed by atoms with Crippen molar-refractivity contribution in [2.75, 3.05) is 12.9 Å². The van der Waals surface area contributed by atoms with Crippen molar-refractivity contribution in [2.45, 2.75) is 10.9 Å². The number of thioether (sulfide) groups is 1. The fourth-order valence-corrected chi connectivity index (χ4v) is 3.05. The van der Waals surface area contributed by atoms with E-state index in [4.69, 9.17) is 33.7 Å². The Morgan fingerprint density at radius 2 is 1.95 bits per heavy atom. The molecule has 2 rings (SSSR count). The summed E-state index contributed by atoms with van der Waals surface area (Å²) in [6.45, 7) is 0. The number of hydrogen-bond donors (Lipinski definition) is 1. The molecule has 1 unspecified atom stereocenters. The first-order chi connectivity index (χ1) is 10.0. The van der Waals surface area contributed by atoms with Crippen molar-refractivity contribution in [2.24, 2.45) is 5.73 Å². The second kappa shape index (κ2) is 7.36. The van der Waals surface area contributed by atoms with Crippen molar-refractivity contribution in [3.05, 3.63) is 57.8 Å². The first-order valence-electron chi connectivity index (χ1n) is 6.18. The molecule has 0 amide bonds. The van der Waals surface area contributed by atoms with E-state index in [2.05, 4.69) is 0 Å². The summed E-state index contributed by atoms with van der Waals surface area (Å²) in [7, 11) is 1.43. The SMILES string of the molecule is COc1ccc(C(N)CSc2ccc(Cl)c(Cl)c2)cc1F. The van der Waals surface area contributed by atoms with Gasteiger partial charge in [-0.25, -0.2) is 4.39 Å². The van der Waals surface area contributed by atoms with Crippen LogP contribution in [0.4, 0.5) is 4.39 Å². The summed E-state index contributed by atoms with van der Waals surface area (Å²) in [5.41, 5.74) is 6.81. The fourth-order valence-electron chi connectivity index (χ4n) is 1.76. The van der Waals surface area contributed by atoms with Crippen LogP contribution in [0.2, 0.25) is 10.0 Å². The standard InChI is InChI=1S/C15H14Cl2FNOS/c1-20-15-5-2-9(6-13(15)18)14(19)8-21-10-3-4-11(16)12(17)7-10/h2-7,14H,8,19H2,1H3. The number of benzene rings is 2. The summed E-state index contributed by atoms with van der Waals surface area (Å²) in [6, 6.07) is 9.86. The van der Waals surface area contributed by atoms with Crippen LogP contribution in [0, 0.1) is 5.82 Å². The minimum atomic E-state index is -0.412. The Bertz CT molecular complexity index is 639. The highest BCUT2D eigenvalue weighted by atomic mass is 35.5. The van der Waals surface area contributed by atoms with Gasteiger partial charge in [-0.1, -0.05) is 29.3 Å². The van der Waals surface area contributed by atoms with E-state index < -0.39 is 5.82 Å². The molecular weight excluding hydrogens is 332 g/mol. The summed E-state index contributed by atoms with van der Waals surface area (Å²) in [5.74, 6) is 0.400. The molecule has 112 valence electrons. The van der Waals surface area contributed by atoms with Crippen LogP contribution in [-0.2, 0) is 0 Å². The molecule has 1 atom stereocenters. The minimum absolute atomic E-state index is 0.211. The van der Waals surface area contributed by atoms with E-state index in [1.807, 2.05) is 6.07 Å². The van der Waals surface area contributed by atoms with Gasteiger partial charge in [0.05, 0.1) is 17.2 Å². The van der Waals surface area contributed by atoms with E-state index in [9.17, 15) is 4.39 Å². The van der Waals surface area contributed by atoms with Gasteiger partial charge < -0.3 is 10.5 Å². The second-order valence-electron chi connectivity index (χ2n) is 4.39. The molecule has 0 aliphatic rings. The highest BCUT2D eigenvalue weighted by Gasteiger charge is 2.11. The lowest BCUT2D eigenvalue weighted by atomic mass is 10.1. The largest absolute Gasteiger partial charge is 0.494 e. The van der Waals surface area contributed by atoms with Crippen LogP contribution in [0.1, 0.15) is 11.6 Å². The molecule has 0 aliphatic heterocycles. The van der Waals surface area contributed by atoms with E-state index >= 15 is 0 Å². The third-order valence-electron chi connectivity index (χ3n) is 2.92. The highest BCUT2D eigenvalue weighted by Crippen LogP contribution is 2.30. The van der Waals surface area contributed by atoms with Gasteiger partial charge in [-0.05, 0) is 35.9 Å². The summed E-state index contributed by atoms with van der Waals surface area (Å²) < 4.78 is 18.5. The van der Waals surface area contributed by atoms with Gasteiger partial charge in [0.15, 0.2) is 11.6 Å². The third-order valence-corrected chi connectivity index (χ3v) is 4.78. The average molecular weight is 346 g/mol. The molecule has 0 saturated carbocycles. The average Bonchev–Trinajstić information content (AvgIpc) is 2.48. The van der Waals surface area contributed by atoms with Crippen LogP contribution in [-0.4, -0.2) is 12.9 Å². The Morgan fingerprint density at radius 3 is 2.57 bits per heavy atom.